The lowest BCUT2D eigenvalue weighted by atomic mass is 9.81. The first kappa shape index (κ1) is 18.7. The molecule has 7 heteroatoms. The minimum atomic E-state index is -0.639. The Morgan fingerprint density at radius 2 is 2.04 bits per heavy atom. The molecule has 128 valence electrons. The number of halogens is 3. The minimum absolute atomic E-state index is 0. The van der Waals surface area contributed by atoms with Gasteiger partial charge in [0.1, 0.15) is 12.4 Å². The second kappa shape index (κ2) is 7.47. The molecule has 1 heterocycles. The van der Waals surface area contributed by atoms with E-state index >= 15 is 0 Å². The molecule has 1 aliphatic carbocycles. The smallest absolute Gasteiger partial charge is 0.311 e. The Labute approximate surface area is 152 Å². The second-order valence-corrected chi connectivity index (χ2v) is 7.11. The van der Waals surface area contributed by atoms with Crippen LogP contribution in [0.3, 0.4) is 0 Å². The van der Waals surface area contributed by atoms with Gasteiger partial charge in [0.05, 0.1) is 5.41 Å². The third-order valence-corrected chi connectivity index (χ3v) is 5.32. The number of hydrogen-bond donors (Lipinski definition) is 1. The van der Waals surface area contributed by atoms with Crippen molar-refractivity contribution in [1.82, 2.24) is 4.90 Å². The average molecular weight is 381 g/mol. The van der Waals surface area contributed by atoms with E-state index in [0.717, 1.165) is 32.4 Å². The van der Waals surface area contributed by atoms with Crippen LogP contribution < -0.4 is 4.74 Å². The highest BCUT2D eigenvalue weighted by atomic mass is 35.5. The van der Waals surface area contributed by atoms with Crippen molar-refractivity contribution < 1.29 is 14.6 Å². The summed E-state index contributed by atoms with van der Waals surface area (Å²) in [7, 11) is 0. The number of hydrogen-bond acceptors (Lipinski definition) is 3. The molecule has 0 amide bonds. The summed E-state index contributed by atoms with van der Waals surface area (Å²) in [6.07, 6.45) is 2.85. The average Bonchev–Trinajstić information content (AvgIpc) is 2.95. The van der Waals surface area contributed by atoms with Crippen LogP contribution in [0.1, 0.15) is 19.3 Å². The van der Waals surface area contributed by atoms with Gasteiger partial charge >= 0.3 is 5.97 Å². The Balaban J connectivity index is 0.00000192. The van der Waals surface area contributed by atoms with E-state index in [1.807, 2.05) is 0 Å². The standard InChI is InChI=1S/C16H19Cl2NO3.ClH/c17-12-6-13(18)8-14(7-12)22-5-4-19-9-11-2-1-3-16(11,10-19)15(20)21;/h6-8,11H,1-5,9-10H2,(H,20,21);1H/t11-,16+;/m0./s1. The fraction of sp³-hybridized carbons (Fsp3) is 0.562. The van der Waals surface area contributed by atoms with Crippen molar-refractivity contribution in [2.45, 2.75) is 19.3 Å². The molecular formula is C16H20Cl3NO3. The van der Waals surface area contributed by atoms with Crippen molar-refractivity contribution in [3.8, 4) is 5.75 Å². The monoisotopic (exact) mass is 379 g/mol. The maximum Gasteiger partial charge on any atom is 0.311 e. The summed E-state index contributed by atoms with van der Waals surface area (Å²) in [5.74, 6) is 0.287. The van der Waals surface area contributed by atoms with E-state index in [4.69, 9.17) is 27.9 Å². The van der Waals surface area contributed by atoms with Crippen LogP contribution in [-0.2, 0) is 4.79 Å². The normalized spacial score (nSPS) is 26.6. The molecule has 0 unspecified atom stereocenters. The number of ether oxygens (including phenoxy) is 1. The summed E-state index contributed by atoms with van der Waals surface area (Å²) < 4.78 is 5.69. The van der Waals surface area contributed by atoms with Gasteiger partial charge in [-0.2, -0.15) is 0 Å². The van der Waals surface area contributed by atoms with Crippen LogP contribution in [0.5, 0.6) is 5.75 Å². The molecule has 4 nitrogen and oxygen atoms in total. The zero-order valence-corrected chi connectivity index (χ0v) is 15.0. The van der Waals surface area contributed by atoms with Crippen LogP contribution in [-0.4, -0.2) is 42.2 Å². The summed E-state index contributed by atoms with van der Waals surface area (Å²) in [6, 6.07) is 5.12. The predicted molar refractivity (Wildman–Crippen MR) is 93.1 cm³/mol. The first-order valence-electron chi connectivity index (χ1n) is 7.54. The fourth-order valence-corrected chi connectivity index (χ4v) is 4.32. The molecule has 3 rings (SSSR count). The van der Waals surface area contributed by atoms with Gasteiger partial charge in [-0.05, 0) is 37.0 Å². The van der Waals surface area contributed by atoms with Crippen LogP contribution in [0, 0.1) is 11.3 Å². The van der Waals surface area contributed by atoms with Gasteiger partial charge in [0, 0.05) is 29.7 Å². The fourth-order valence-electron chi connectivity index (χ4n) is 3.82. The Kier molecular flexibility index (Phi) is 6.06. The number of benzene rings is 1. The maximum atomic E-state index is 11.6. The lowest BCUT2D eigenvalue weighted by Crippen LogP contribution is -2.36. The number of aliphatic carboxylic acids is 1. The molecule has 0 aromatic heterocycles. The molecule has 1 saturated carbocycles. The summed E-state index contributed by atoms with van der Waals surface area (Å²) >= 11 is 11.9. The summed E-state index contributed by atoms with van der Waals surface area (Å²) in [5.41, 5.74) is -0.528. The number of rotatable bonds is 5. The highest BCUT2D eigenvalue weighted by Gasteiger charge is 2.54. The van der Waals surface area contributed by atoms with E-state index in [-0.39, 0.29) is 18.3 Å². The van der Waals surface area contributed by atoms with E-state index in [2.05, 4.69) is 4.90 Å². The first-order chi connectivity index (χ1) is 10.5. The Morgan fingerprint density at radius 1 is 1.35 bits per heavy atom. The molecule has 2 aliphatic rings. The molecule has 1 saturated heterocycles. The van der Waals surface area contributed by atoms with Gasteiger partial charge in [-0.15, -0.1) is 12.4 Å². The van der Waals surface area contributed by atoms with Crippen LogP contribution >= 0.6 is 35.6 Å². The number of nitrogens with zero attached hydrogens (tertiary/aromatic N) is 1. The van der Waals surface area contributed by atoms with Crippen molar-refractivity contribution in [3.63, 3.8) is 0 Å². The number of carboxylic acids is 1. The minimum Gasteiger partial charge on any atom is -0.492 e. The van der Waals surface area contributed by atoms with Crippen molar-refractivity contribution in [3.05, 3.63) is 28.2 Å². The van der Waals surface area contributed by atoms with Crippen molar-refractivity contribution in [2.75, 3.05) is 26.2 Å². The molecule has 1 aromatic carbocycles. The molecule has 1 aromatic rings. The predicted octanol–water partition coefficient (Wildman–Crippen LogP) is 3.98. The van der Waals surface area contributed by atoms with Gasteiger partial charge in [0.25, 0.3) is 0 Å². The van der Waals surface area contributed by atoms with Gasteiger partial charge in [0.2, 0.25) is 0 Å². The molecule has 1 N–H and O–H groups in total. The molecule has 2 fully saturated rings. The maximum absolute atomic E-state index is 11.6. The summed E-state index contributed by atoms with van der Waals surface area (Å²) in [5, 5.41) is 10.7. The molecule has 0 bridgehead atoms. The third-order valence-electron chi connectivity index (χ3n) is 4.88. The SMILES string of the molecule is Cl.O=C(O)[C@@]12CCC[C@H]1CN(CCOc1cc(Cl)cc(Cl)c1)C2. The van der Waals surface area contributed by atoms with Gasteiger partial charge in [0.15, 0.2) is 0 Å². The van der Waals surface area contributed by atoms with E-state index in [1.165, 1.54) is 0 Å². The van der Waals surface area contributed by atoms with Crippen LogP contribution in [0.15, 0.2) is 18.2 Å². The van der Waals surface area contributed by atoms with E-state index in [0.29, 0.717) is 28.9 Å². The topological polar surface area (TPSA) is 49.8 Å². The van der Waals surface area contributed by atoms with E-state index in [1.54, 1.807) is 18.2 Å². The van der Waals surface area contributed by atoms with Crippen molar-refractivity contribution in [1.29, 1.82) is 0 Å². The van der Waals surface area contributed by atoms with E-state index in [9.17, 15) is 9.90 Å². The Bertz CT molecular complexity index is 563. The van der Waals surface area contributed by atoms with Crippen LogP contribution in [0.4, 0.5) is 0 Å². The Morgan fingerprint density at radius 3 is 2.65 bits per heavy atom. The first-order valence-corrected chi connectivity index (χ1v) is 8.30. The molecular weight excluding hydrogens is 361 g/mol. The zero-order valence-electron chi connectivity index (χ0n) is 12.6. The number of carbonyl (C=O) groups is 1. The highest BCUT2D eigenvalue weighted by Crippen LogP contribution is 2.48. The second-order valence-electron chi connectivity index (χ2n) is 6.24. The molecule has 0 spiro atoms. The van der Waals surface area contributed by atoms with Gasteiger partial charge in [-0.3, -0.25) is 9.69 Å². The number of carboxylic acid groups (broad SMARTS) is 1. The molecule has 1 aliphatic heterocycles. The highest BCUT2D eigenvalue weighted by molar-refractivity contribution is 6.34. The Hall–Kier alpha value is -0.680. The van der Waals surface area contributed by atoms with Crippen molar-refractivity contribution >= 4 is 41.6 Å². The van der Waals surface area contributed by atoms with E-state index < -0.39 is 11.4 Å². The zero-order chi connectivity index (χ0) is 15.7. The number of likely N-dealkylation sites (tertiary alicyclic amines) is 1. The lowest BCUT2D eigenvalue weighted by Gasteiger charge is -2.23. The van der Waals surface area contributed by atoms with Gasteiger partial charge in [-0.25, -0.2) is 0 Å². The van der Waals surface area contributed by atoms with Crippen LogP contribution in [0.2, 0.25) is 10.0 Å². The lowest BCUT2D eigenvalue weighted by molar-refractivity contribution is -0.149. The largest absolute Gasteiger partial charge is 0.492 e. The van der Waals surface area contributed by atoms with Gasteiger partial charge < -0.3 is 9.84 Å². The quantitative estimate of drug-likeness (QED) is 0.839. The van der Waals surface area contributed by atoms with Crippen LogP contribution in [0.25, 0.3) is 0 Å². The molecule has 23 heavy (non-hydrogen) atoms. The molecule has 2 atom stereocenters. The number of fused-ring (bicyclic) bond motifs is 1. The third kappa shape index (κ3) is 3.87. The molecule has 0 radical (unpaired) electrons. The van der Waals surface area contributed by atoms with Gasteiger partial charge in [-0.1, -0.05) is 29.6 Å². The summed E-state index contributed by atoms with van der Waals surface area (Å²) in [4.78, 5) is 13.8. The summed E-state index contributed by atoms with van der Waals surface area (Å²) in [6.45, 7) is 2.70. The van der Waals surface area contributed by atoms with Crippen molar-refractivity contribution in [2.24, 2.45) is 11.3 Å².